The van der Waals surface area contributed by atoms with Gasteiger partial charge in [0.2, 0.25) is 0 Å². The molecule has 0 saturated heterocycles. The van der Waals surface area contributed by atoms with Gasteiger partial charge in [-0.2, -0.15) is 11.8 Å². The van der Waals surface area contributed by atoms with Crippen molar-refractivity contribution < 1.29 is 14.7 Å². The monoisotopic (exact) mass is 295 g/mol. The highest BCUT2D eigenvalue weighted by atomic mass is 32.2. The molecule has 0 aliphatic rings. The van der Waals surface area contributed by atoms with E-state index in [-0.39, 0.29) is 0 Å². The molecule has 1 aromatic rings. The number of amides is 2. The van der Waals surface area contributed by atoms with Gasteiger partial charge >= 0.3 is 6.03 Å². The van der Waals surface area contributed by atoms with E-state index < -0.39 is 18.0 Å². The van der Waals surface area contributed by atoms with E-state index in [1.54, 1.807) is 12.1 Å². The van der Waals surface area contributed by atoms with Crippen LogP contribution in [0, 0.1) is 0 Å². The van der Waals surface area contributed by atoms with Crippen LogP contribution in [0.4, 0.5) is 10.5 Å². The van der Waals surface area contributed by atoms with Crippen LogP contribution in [0.2, 0.25) is 0 Å². The Kier molecular flexibility index (Phi) is 6.93. The lowest BCUT2D eigenvalue weighted by Gasteiger charge is -2.19. The Balaban J connectivity index is 2.53. The number of hydrogen-bond acceptors (Lipinski definition) is 4. The van der Waals surface area contributed by atoms with Crippen LogP contribution in [-0.4, -0.2) is 30.1 Å². The largest absolute Gasteiger partial charge is 0.548 e. The van der Waals surface area contributed by atoms with Gasteiger partial charge in [-0.25, -0.2) is 4.79 Å². The van der Waals surface area contributed by atoms with Crippen molar-refractivity contribution >= 4 is 29.4 Å². The molecule has 110 valence electrons. The summed E-state index contributed by atoms with van der Waals surface area (Å²) in [5.74, 6) is -0.625. The van der Waals surface area contributed by atoms with E-state index in [2.05, 4.69) is 10.6 Å². The molecule has 0 radical (unpaired) electrons. The number of aryl methyl sites for hydroxylation is 1. The van der Waals surface area contributed by atoms with Crippen LogP contribution in [-0.2, 0) is 11.2 Å². The van der Waals surface area contributed by atoms with Crippen molar-refractivity contribution in [3.8, 4) is 0 Å². The molecule has 20 heavy (non-hydrogen) atoms. The van der Waals surface area contributed by atoms with Crippen molar-refractivity contribution in [3.05, 3.63) is 29.8 Å². The Morgan fingerprint density at radius 3 is 2.45 bits per heavy atom. The molecular weight excluding hydrogens is 276 g/mol. The Morgan fingerprint density at radius 1 is 1.30 bits per heavy atom. The van der Waals surface area contributed by atoms with Crippen molar-refractivity contribution in [2.24, 2.45) is 0 Å². The first-order chi connectivity index (χ1) is 9.56. The number of urea groups is 1. The summed E-state index contributed by atoms with van der Waals surface area (Å²) in [6.45, 7) is 2.05. The molecule has 0 fully saturated rings. The van der Waals surface area contributed by atoms with Crippen LogP contribution >= 0.6 is 11.8 Å². The first-order valence-corrected chi connectivity index (χ1v) is 7.82. The molecule has 0 spiro atoms. The third-order valence-corrected chi connectivity index (χ3v) is 3.46. The molecular formula is C14H19N2O3S-. The topological polar surface area (TPSA) is 81.3 Å². The summed E-state index contributed by atoms with van der Waals surface area (Å²) in [6.07, 6.45) is 3.14. The summed E-state index contributed by atoms with van der Waals surface area (Å²) in [5, 5.41) is 15.9. The molecule has 6 heteroatoms. The SMILES string of the molecule is CCc1ccc(NC(=O)N[C@@H](CCSC)C(=O)[O-])cc1. The number of aliphatic carboxylic acids is 1. The Morgan fingerprint density at radius 2 is 1.95 bits per heavy atom. The van der Waals surface area contributed by atoms with Gasteiger partial charge in [-0.05, 0) is 42.5 Å². The fourth-order valence-corrected chi connectivity index (χ4v) is 2.11. The highest BCUT2D eigenvalue weighted by molar-refractivity contribution is 7.98. The van der Waals surface area contributed by atoms with Crippen LogP contribution in [0.1, 0.15) is 18.9 Å². The Labute approximate surface area is 123 Å². The maximum Gasteiger partial charge on any atom is 0.319 e. The van der Waals surface area contributed by atoms with Crippen LogP contribution in [0.5, 0.6) is 0 Å². The standard InChI is InChI=1S/C14H20N2O3S/c1-3-10-4-6-11(7-5-10)15-14(19)16-12(13(17)18)8-9-20-2/h4-7,12H,3,8-9H2,1-2H3,(H,17,18)(H2,15,16,19)/p-1/t12-/m0/s1. The molecule has 1 rings (SSSR count). The van der Waals surface area contributed by atoms with Crippen LogP contribution in [0.3, 0.4) is 0 Å². The number of nitrogens with one attached hydrogen (secondary N) is 2. The molecule has 0 aliphatic carbocycles. The summed E-state index contributed by atoms with van der Waals surface area (Å²) in [4.78, 5) is 22.6. The normalized spacial score (nSPS) is 11.7. The van der Waals surface area contributed by atoms with Crippen molar-refractivity contribution in [1.29, 1.82) is 0 Å². The van der Waals surface area contributed by atoms with E-state index in [0.29, 0.717) is 17.9 Å². The highest BCUT2D eigenvalue weighted by Gasteiger charge is 2.13. The second kappa shape index (κ2) is 8.47. The van der Waals surface area contributed by atoms with Gasteiger partial charge in [-0.3, -0.25) is 0 Å². The fourth-order valence-electron chi connectivity index (χ4n) is 1.63. The molecule has 2 N–H and O–H groups in total. The zero-order valence-corrected chi connectivity index (χ0v) is 12.5. The van der Waals surface area contributed by atoms with E-state index >= 15 is 0 Å². The van der Waals surface area contributed by atoms with Gasteiger partial charge in [-0.15, -0.1) is 0 Å². The lowest BCUT2D eigenvalue weighted by atomic mass is 10.1. The van der Waals surface area contributed by atoms with E-state index in [1.165, 1.54) is 17.3 Å². The maximum atomic E-state index is 11.7. The van der Waals surface area contributed by atoms with Crippen LogP contribution < -0.4 is 15.7 Å². The molecule has 0 unspecified atom stereocenters. The minimum Gasteiger partial charge on any atom is -0.548 e. The summed E-state index contributed by atoms with van der Waals surface area (Å²) in [7, 11) is 0. The van der Waals surface area contributed by atoms with Gasteiger partial charge in [0.05, 0.1) is 12.0 Å². The number of hydrogen-bond donors (Lipinski definition) is 2. The number of rotatable bonds is 7. The first-order valence-electron chi connectivity index (χ1n) is 6.43. The number of carboxylic acid groups (broad SMARTS) is 1. The Bertz CT molecular complexity index is 448. The summed E-state index contributed by atoms with van der Waals surface area (Å²) < 4.78 is 0. The third-order valence-electron chi connectivity index (χ3n) is 2.82. The predicted molar refractivity (Wildman–Crippen MR) is 79.8 cm³/mol. The maximum absolute atomic E-state index is 11.7. The zero-order chi connectivity index (χ0) is 15.0. The molecule has 5 nitrogen and oxygen atoms in total. The van der Waals surface area contributed by atoms with Crippen LogP contribution in [0.25, 0.3) is 0 Å². The molecule has 2 amide bonds. The first kappa shape index (κ1) is 16.4. The molecule has 0 aromatic heterocycles. The lowest BCUT2D eigenvalue weighted by molar-refractivity contribution is -0.308. The quantitative estimate of drug-likeness (QED) is 0.793. The summed E-state index contributed by atoms with van der Waals surface area (Å²) >= 11 is 1.52. The van der Waals surface area contributed by atoms with Gasteiger partial charge in [0, 0.05) is 5.69 Å². The van der Waals surface area contributed by atoms with E-state index in [4.69, 9.17) is 0 Å². The van der Waals surface area contributed by atoms with Crippen molar-refractivity contribution in [2.45, 2.75) is 25.8 Å². The van der Waals surface area contributed by atoms with Gasteiger partial charge in [0.15, 0.2) is 0 Å². The third kappa shape index (κ3) is 5.52. The molecule has 1 atom stereocenters. The number of carboxylic acids is 1. The molecule has 0 saturated carbocycles. The van der Waals surface area contributed by atoms with Gasteiger partial charge in [0.1, 0.15) is 0 Å². The lowest BCUT2D eigenvalue weighted by Crippen LogP contribution is -2.49. The minimum atomic E-state index is -1.27. The zero-order valence-electron chi connectivity index (χ0n) is 11.6. The number of anilines is 1. The van der Waals surface area contributed by atoms with Gasteiger partial charge in [-0.1, -0.05) is 19.1 Å². The van der Waals surface area contributed by atoms with E-state index in [9.17, 15) is 14.7 Å². The highest BCUT2D eigenvalue weighted by Crippen LogP contribution is 2.10. The number of benzene rings is 1. The predicted octanol–water partition coefficient (Wildman–Crippen LogP) is 1.24. The van der Waals surface area contributed by atoms with Crippen LogP contribution in [0.15, 0.2) is 24.3 Å². The minimum absolute atomic E-state index is 0.339. The van der Waals surface area contributed by atoms with Gasteiger partial charge < -0.3 is 20.5 Å². The molecule has 1 aromatic carbocycles. The number of carbonyl (C=O) groups excluding carboxylic acids is 2. The molecule has 0 bridgehead atoms. The Hall–Kier alpha value is -1.69. The smallest absolute Gasteiger partial charge is 0.319 e. The van der Waals surface area contributed by atoms with Crippen molar-refractivity contribution in [3.63, 3.8) is 0 Å². The number of carbonyl (C=O) groups is 2. The summed E-state index contributed by atoms with van der Waals surface area (Å²) in [6, 6.07) is 5.89. The van der Waals surface area contributed by atoms with E-state index in [1.807, 2.05) is 25.3 Å². The second-order valence-corrected chi connectivity index (χ2v) is 5.29. The molecule has 0 aliphatic heterocycles. The number of thioether (sulfide) groups is 1. The fraction of sp³-hybridized carbons (Fsp3) is 0.429. The van der Waals surface area contributed by atoms with Gasteiger partial charge in [0.25, 0.3) is 0 Å². The molecule has 0 heterocycles. The van der Waals surface area contributed by atoms with E-state index in [0.717, 1.165) is 6.42 Å². The van der Waals surface area contributed by atoms with Crippen molar-refractivity contribution in [2.75, 3.05) is 17.3 Å². The average molecular weight is 295 g/mol. The second-order valence-electron chi connectivity index (χ2n) is 4.30. The summed E-state index contributed by atoms with van der Waals surface area (Å²) in [5.41, 5.74) is 1.80. The average Bonchev–Trinajstić information content (AvgIpc) is 2.44. The van der Waals surface area contributed by atoms with Crippen molar-refractivity contribution in [1.82, 2.24) is 5.32 Å².